The van der Waals surface area contributed by atoms with Crippen molar-refractivity contribution < 1.29 is 9.26 Å². The molecule has 1 aromatic carbocycles. The van der Waals surface area contributed by atoms with Crippen LogP contribution in [-0.4, -0.2) is 34.3 Å². The predicted molar refractivity (Wildman–Crippen MR) is 80.3 cm³/mol. The van der Waals surface area contributed by atoms with Crippen molar-refractivity contribution in [1.29, 1.82) is 0 Å². The number of benzene rings is 1. The molecule has 0 unspecified atom stereocenters. The van der Waals surface area contributed by atoms with Crippen molar-refractivity contribution in [1.82, 2.24) is 20.4 Å². The second-order valence-electron chi connectivity index (χ2n) is 5.08. The van der Waals surface area contributed by atoms with Crippen LogP contribution < -0.4 is 10.1 Å². The lowest BCUT2D eigenvalue weighted by atomic mass is 10.2. The highest BCUT2D eigenvalue weighted by atomic mass is 16.5. The van der Waals surface area contributed by atoms with E-state index in [-0.39, 0.29) is 6.10 Å². The molecule has 1 aliphatic rings. The summed E-state index contributed by atoms with van der Waals surface area (Å²) in [5.41, 5.74) is 1.74. The van der Waals surface area contributed by atoms with Gasteiger partial charge in [0, 0.05) is 36.6 Å². The molecule has 0 saturated carbocycles. The lowest BCUT2D eigenvalue weighted by Gasteiger charge is -2.27. The normalized spacial score (nSPS) is 14.5. The molecule has 0 spiro atoms. The summed E-state index contributed by atoms with van der Waals surface area (Å²) in [7, 11) is 0. The topological polar surface area (TPSA) is 73.1 Å². The second-order valence-corrected chi connectivity index (χ2v) is 5.08. The summed E-state index contributed by atoms with van der Waals surface area (Å²) in [6, 6.07) is 11.4. The first kappa shape index (κ1) is 13.0. The molecule has 110 valence electrons. The van der Waals surface area contributed by atoms with Crippen molar-refractivity contribution in [2.24, 2.45) is 0 Å². The Hall–Kier alpha value is -2.73. The van der Waals surface area contributed by atoms with Crippen LogP contribution in [0.3, 0.4) is 0 Å². The van der Waals surface area contributed by atoms with Gasteiger partial charge in [-0.1, -0.05) is 5.16 Å². The summed E-state index contributed by atoms with van der Waals surface area (Å²) in [4.78, 5) is 8.38. The molecule has 6 nitrogen and oxygen atoms in total. The molecule has 22 heavy (non-hydrogen) atoms. The van der Waals surface area contributed by atoms with E-state index in [4.69, 9.17) is 9.26 Å². The summed E-state index contributed by atoms with van der Waals surface area (Å²) in [6.45, 7) is 1.81. The minimum absolute atomic E-state index is 0.273. The van der Waals surface area contributed by atoms with Gasteiger partial charge >= 0.3 is 0 Å². The van der Waals surface area contributed by atoms with Gasteiger partial charge in [0.2, 0.25) is 5.82 Å². The smallest absolute Gasteiger partial charge is 0.258 e. The van der Waals surface area contributed by atoms with Crippen LogP contribution in [0.15, 0.2) is 53.3 Å². The van der Waals surface area contributed by atoms with Crippen LogP contribution in [0.2, 0.25) is 0 Å². The first-order valence-corrected chi connectivity index (χ1v) is 7.10. The van der Waals surface area contributed by atoms with Gasteiger partial charge in [0.1, 0.15) is 11.9 Å². The van der Waals surface area contributed by atoms with Gasteiger partial charge in [0.25, 0.3) is 5.89 Å². The van der Waals surface area contributed by atoms with E-state index in [1.807, 2.05) is 36.4 Å². The molecule has 2 aromatic heterocycles. The van der Waals surface area contributed by atoms with Gasteiger partial charge in [-0.15, -0.1) is 0 Å². The van der Waals surface area contributed by atoms with Gasteiger partial charge in [-0.25, -0.2) is 0 Å². The van der Waals surface area contributed by atoms with Gasteiger partial charge in [-0.05, 0) is 36.4 Å². The number of ether oxygens (including phenoxy) is 1. The molecule has 3 heterocycles. The number of rotatable bonds is 4. The third-order valence-corrected chi connectivity index (χ3v) is 3.51. The summed E-state index contributed by atoms with van der Waals surface area (Å²) >= 11 is 0. The summed E-state index contributed by atoms with van der Waals surface area (Å²) < 4.78 is 11.1. The van der Waals surface area contributed by atoms with Gasteiger partial charge in [0.05, 0.1) is 0 Å². The Kier molecular flexibility index (Phi) is 3.29. The highest BCUT2D eigenvalue weighted by Gasteiger charge is 2.18. The Labute approximate surface area is 127 Å². The molecule has 0 amide bonds. The molecule has 1 N–H and O–H groups in total. The minimum atomic E-state index is 0.273. The number of hydrogen-bond acceptors (Lipinski definition) is 6. The fraction of sp³-hybridized carbons (Fsp3) is 0.188. The van der Waals surface area contributed by atoms with E-state index in [9.17, 15) is 0 Å². The van der Waals surface area contributed by atoms with Crippen molar-refractivity contribution in [3.05, 3.63) is 48.8 Å². The van der Waals surface area contributed by atoms with Gasteiger partial charge < -0.3 is 14.6 Å². The number of aromatic nitrogens is 3. The van der Waals surface area contributed by atoms with E-state index < -0.39 is 0 Å². The van der Waals surface area contributed by atoms with Crippen LogP contribution in [0.5, 0.6) is 5.75 Å². The van der Waals surface area contributed by atoms with E-state index in [1.165, 1.54) is 0 Å². The molecule has 1 aliphatic heterocycles. The Balaban J connectivity index is 1.53. The monoisotopic (exact) mass is 294 g/mol. The molecular formula is C16H14N4O2. The lowest BCUT2D eigenvalue weighted by Crippen LogP contribution is -2.50. The summed E-state index contributed by atoms with van der Waals surface area (Å²) in [5, 5.41) is 7.20. The molecule has 0 aliphatic carbocycles. The first-order valence-electron chi connectivity index (χ1n) is 7.10. The quantitative estimate of drug-likeness (QED) is 0.795. The van der Waals surface area contributed by atoms with Crippen molar-refractivity contribution >= 4 is 0 Å². The number of nitrogens with one attached hydrogen (secondary N) is 1. The molecule has 4 rings (SSSR count). The SMILES string of the molecule is c1cc(-c2nc(-c3ccc(OC4CNC4)cc3)no2)ccn1. The zero-order chi connectivity index (χ0) is 14.8. The zero-order valence-corrected chi connectivity index (χ0v) is 11.8. The molecule has 0 bridgehead atoms. The fourth-order valence-corrected chi connectivity index (χ4v) is 2.17. The van der Waals surface area contributed by atoms with Crippen molar-refractivity contribution in [2.45, 2.75) is 6.10 Å². The van der Waals surface area contributed by atoms with Gasteiger partial charge in [0.15, 0.2) is 0 Å². The van der Waals surface area contributed by atoms with Gasteiger partial charge in [-0.3, -0.25) is 4.98 Å². The Morgan fingerprint density at radius 2 is 1.77 bits per heavy atom. The van der Waals surface area contributed by atoms with Crippen LogP contribution in [0.4, 0.5) is 0 Å². The maximum Gasteiger partial charge on any atom is 0.258 e. The summed E-state index contributed by atoms with van der Waals surface area (Å²) in [6.07, 6.45) is 3.66. The third kappa shape index (κ3) is 2.56. The Morgan fingerprint density at radius 1 is 1.00 bits per heavy atom. The van der Waals surface area contributed by atoms with E-state index in [0.717, 1.165) is 30.0 Å². The maximum atomic E-state index is 5.78. The standard InChI is InChI=1S/C16H14N4O2/c1-3-13(21-14-9-18-10-14)4-2-11(1)15-19-16(22-20-15)12-5-7-17-8-6-12/h1-8,14,18H,9-10H2. The average Bonchev–Trinajstić information content (AvgIpc) is 3.02. The molecule has 0 radical (unpaired) electrons. The highest BCUT2D eigenvalue weighted by molar-refractivity contribution is 5.60. The van der Waals surface area contributed by atoms with Crippen LogP contribution in [0.25, 0.3) is 22.8 Å². The Morgan fingerprint density at radius 3 is 2.45 bits per heavy atom. The second kappa shape index (κ2) is 5.57. The minimum Gasteiger partial charge on any atom is -0.488 e. The van der Waals surface area contributed by atoms with Crippen LogP contribution in [0, 0.1) is 0 Å². The molecule has 1 saturated heterocycles. The first-order chi connectivity index (χ1) is 10.9. The van der Waals surface area contributed by atoms with E-state index in [2.05, 4.69) is 20.4 Å². The third-order valence-electron chi connectivity index (χ3n) is 3.51. The number of hydrogen-bond donors (Lipinski definition) is 1. The molecular weight excluding hydrogens is 280 g/mol. The summed E-state index contributed by atoms with van der Waals surface area (Å²) in [5.74, 6) is 1.90. The molecule has 1 fully saturated rings. The van der Waals surface area contributed by atoms with Crippen LogP contribution in [-0.2, 0) is 0 Å². The van der Waals surface area contributed by atoms with E-state index in [1.54, 1.807) is 12.4 Å². The molecule has 0 atom stereocenters. The van der Waals surface area contributed by atoms with Crippen molar-refractivity contribution in [3.63, 3.8) is 0 Å². The fourth-order valence-electron chi connectivity index (χ4n) is 2.17. The predicted octanol–water partition coefficient (Wildman–Crippen LogP) is 2.15. The highest BCUT2D eigenvalue weighted by Crippen LogP contribution is 2.24. The molecule has 3 aromatic rings. The number of pyridine rings is 1. The van der Waals surface area contributed by atoms with Gasteiger partial charge in [-0.2, -0.15) is 4.98 Å². The van der Waals surface area contributed by atoms with Crippen molar-refractivity contribution in [2.75, 3.05) is 13.1 Å². The van der Waals surface area contributed by atoms with E-state index >= 15 is 0 Å². The Bertz CT molecular complexity index is 751. The van der Waals surface area contributed by atoms with Crippen LogP contribution >= 0.6 is 0 Å². The average molecular weight is 294 g/mol. The largest absolute Gasteiger partial charge is 0.488 e. The molecule has 6 heteroatoms. The zero-order valence-electron chi connectivity index (χ0n) is 11.8. The van der Waals surface area contributed by atoms with Crippen LogP contribution in [0.1, 0.15) is 0 Å². The number of nitrogens with zero attached hydrogens (tertiary/aromatic N) is 3. The van der Waals surface area contributed by atoms with E-state index in [0.29, 0.717) is 11.7 Å². The lowest BCUT2D eigenvalue weighted by molar-refractivity contribution is 0.142. The maximum absolute atomic E-state index is 5.78. The van der Waals surface area contributed by atoms with Crippen molar-refractivity contribution in [3.8, 4) is 28.6 Å².